The van der Waals surface area contributed by atoms with Crippen molar-refractivity contribution >= 4 is 17.7 Å². The predicted molar refractivity (Wildman–Crippen MR) is 79.3 cm³/mol. The maximum absolute atomic E-state index is 13.6. The summed E-state index contributed by atoms with van der Waals surface area (Å²) < 4.78 is 13.6. The van der Waals surface area contributed by atoms with E-state index >= 15 is 0 Å². The fraction of sp³-hybridized carbons (Fsp3) is 0.533. The van der Waals surface area contributed by atoms with Crippen LogP contribution in [0.15, 0.2) is 18.2 Å². The van der Waals surface area contributed by atoms with Gasteiger partial charge in [-0.25, -0.2) is 4.39 Å². The van der Waals surface area contributed by atoms with Crippen molar-refractivity contribution < 1.29 is 14.3 Å². The number of hydrogen-bond donors (Lipinski definition) is 1. The van der Waals surface area contributed by atoms with Crippen LogP contribution in [-0.4, -0.2) is 41.4 Å². The van der Waals surface area contributed by atoms with E-state index in [0.717, 1.165) is 6.42 Å². The second kappa shape index (κ2) is 6.59. The molecule has 1 heterocycles. The minimum Gasteiger partial charge on any atom is -0.393 e. The van der Waals surface area contributed by atoms with Gasteiger partial charge >= 0.3 is 0 Å². The lowest BCUT2D eigenvalue weighted by Gasteiger charge is -2.18. The van der Waals surface area contributed by atoms with Crippen molar-refractivity contribution in [2.24, 2.45) is 5.92 Å². The number of likely N-dealkylation sites (tertiary alicyclic amines) is 1. The van der Waals surface area contributed by atoms with Crippen LogP contribution in [0.2, 0.25) is 0 Å². The summed E-state index contributed by atoms with van der Waals surface area (Å²) in [6.07, 6.45) is 2.33. The van der Waals surface area contributed by atoms with Gasteiger partial charge in [-0.15, -0.1) is 0 Å². The third-order valence-corrected chi connectivity index (χ3v) is 4.39. The average molecular weight is 297 g/mol. The second-order valence-corrected chi connectivity index (χ2v) is 6.15. The van der Waals surface area contributed by atoms with Crippen LogP contribution in [-0.2, 0) is 5.75 Å². The summed E-state index contributed by atoms with van der Waals surface area (Å²) in [5, 5.41) is 9.58. The molecule has 1 fully saturated rings. The van der Waals surface area contributed by atoms with Crippen molar-refractivity contribution in [3.8, 4) is 0 Å². The third-order valence-electron chi connectivity index (χ3n) is 3.79. The zero-order chi connectivity index (χ0) is 14.7. The zero-order valence-corrected chi connectivity index (χ0v) is 12.6. The van der Waals surface area contributed by atoms with Gasteiger partial charge in [0.05, 0.1) is 6.10 Å². The van der Waals surface area contributed by atoms with Crippen molar-refractivity contribution in [2.75, 3.05) is 19.3 Å². The number of halogens is 1. The molecule has 1 aromatic carbocycles. The van der Waals surface area contributed by atoms with Crippen LogP contribution in [0.3, 0.4) is 0 Å². The van der Waals surface area contributed by atoms with Crippen molar-refractivity contribution in [2.45, 2.75) is 25.2 Å². The van der Waals surface area contributed by atoms with E-state index in [9.17, 15) is 14.3 Å². The molecule has 0 bridgehead atoms. The zero-order valence-electron chi connectivity index (χ0n) is 11.8. The van der Waals surface area contributed by atoms with E-state index in [4.69, 9.17) is 0 Å². The number of aliphatic hydroxyl groups is 1. The van der Waals surface area contributed by atoms with Gasteiger partial charge in [0.2, 0.25) is 0 Å². The van der Waals surface area contributed by atoms with Gasteiger partial charge in [0.25, 0.3) is 5.91 Å². The highest BCUT2D eigenvalue weighted by atomic mass is 32.2. The molecule has 1 aliphatic heterocycles. The SMILES string of the molecule is CSCc1cc(C(=O)N2CCC(C(C)O)C2)ccc1F. The summed E-state index contributed by atoms with van der Waals surface area (Å²) in [4.78, 5) is 14.1. The number of carbonyl (C=O) groups excluding carboxylic acids is 1. The predicted octanol–water partition coefficient (Wildman–Crippen LogP) is 2.53. The van der Waals surface area contributed by atoms with Gasteiger partial charge in [-0.1, -0.05) is 0 Å². The normalized spacial score (nSPS) is 20.2. The smallest absolute Gasteiger partial charge is 0.253 e. The second-order valence-electron chi connectivity index (χ2n) is 5.28. The largest absolute Gasteiger partial charge is 0.393 e. The minimum atomic E-state index is -0.395. The summed E-state index contributed by atoms with van der Waals surface area (Å²) >= 11 is 1.53. The molecule has 0 aromatic heterocycles. The fourth-order valence-corrected chi connectivity index (χ4v) is 3.05. The monoisotopic (exact) mass is 297 g/mol. The van der Waals surface area contributed by atoms with E-state index in [1.54, 1.807) is 17.9 Å². The Balaban J connectivity index is 2.12. The molecule has 0 aliphatic carbocycles. The first-order chi connectivity index (χ1) is 9.52. The van der Waals surface area contributed by atoms with Gasteiger partial charge in [-0.2, -0.15) is 11.8 Å². The lowest BCUT2D eigenvalue weighted by molar-refractivity contribution is 0.0762. The Morgan fingerprint density at radius 2 is 2.35 bits per heavy atom. The molecular formula is C15H20FNO2S. The summed E-state index contributed by atoms with van der Waals surface area (Å²) in [5.41, 5.74) is 1.09. The van der Waals surface area contributed by atoms with Gasteiger partial charge < -0.3 is 10.0 Å². The van der Waals surface area contributed by atoms with Crippen LogP contribution in [0.1, 0.15) is 29.3 Å². The summed E-state index contributed by atoms with van der Waals surface area (Å²) in [6.45, 7) is 2.99. The first kappa shape index (κ1) is 15.3. The number of hydrogen-bond acceptors (Lipinski definition) is 3. The van der Waals surface area contributed by atoms with Crippen LogP contribution in [0, 0.1) is 11.7 Å². The van der Waals surface area contributed by atoms with Crippen LogP contribution >= 0.6 is 11.8 Å². The van der Waals surface area contributed by atoms with Crippen LogP contribution in [0.4, 0.5) is 4.39 Å². The quantitative estimate of drug-likeness (QED) is 0.928. The number of nitrogens with zero attached hydrogens (tertiary/aromatic N) is 1. The van der Waals surface area contributed by atoms with Gasteiger partial charge in [0.1, 0.15) is 5.82 Å². The Morgan fingerprint density at radius 1 is 1.60 bits per heavy atom. The molecule has 0 spiro atoms. The van der Waals surface area contributed by atoms with Crippen LogP contribution in [0.25, 0.3) is 0 Å². The number of rotatable bonds is 4. The standard InChI is InChI=1S/C15H20FNO2S/c1-10(18)12-5-6-17(8-12)15(19)11-3-4-14(16)13(7-11)9-20-2/h3-4,7,10,12,18H,5-6,8-9H2,1-2H3. The minimum absolute atomic E-state index is 0.0736. The van der Waals surface area contributed by atoms with Crippen LogP contribution < -0.4 is 0 Å². The van der Waals surface area contributed by atoms with E-state index in [1.807, 2.05) is 6.26 Å². The molecule has 1 amide bonds. The first-order valence-corrected chi connectivity index (χ1v) is 8.17. The Labute approximate surface area is 123 Å². The Kier molecular flexibility index (Phi) is 5.05. The van der Waals surface area contributed by atoms with Gasteiger partial charge in [0.15, 0.2) is 0 Å². The Morgan fingerprint density at radius 3 is 2.95 bits per heavy atom. The van der Waals surface area contributed by atoms with Gasteiger partial charge in [0, 0.05) is 30.3 Å². The molecule has 2 atom stereocenters. The molecule has 0 radical (unpaired) electrons. The molecule has 3 nitrogen and oxygen atoms in total. The molecule has 2 unspecified atom stereocenters. The number of benzene rings is 1. The molecule has 0 saturated carbocycles. The van der Waals surface area contributed by atoms with E-state index in [-0.39, 0.29) is 17.6 Å². The van der Waals surface area contributed by atoms with Crippen molar-refractivity contribution in [3.05, 3.63) is 35.1 Å². The Bertz CT molecular complexity index is 493. The van der Waals surface area contributed by atoms with E-state index in [2.05, 4.69) is 0 Å². The maximum atomic E-state index is 13.6. The highest BCUT2D eigenvalue weighted by Gasteiger charge is 2.29. The number of amides is 1. The summed E-state index contributed by atoms with van der Waals surface area (Å²) in [6, 6.07) is 4.54. The third kappa shape index (κ3) is 3.33. The molecule has 1 N–H and O–H groups in total. The van der Waals surface area contributed by atoms with E-state index in [1.165, 1.54) is 23.9 Å². The molecule has 1 saturated heterocycles. The number of thioether (sulfide) groups is 1. The van der Waals surface area contributed by atoms with E-state index in [0.29, 0.717) is 30.0 Å². The molecule has 20 heavy (non-hydrogen) atoms. The summed E-state index contributed by atoms with van der Waals surface area (Å²) in [7, 11) is 0. The van der Waals surface area contributed by atoms with E-state index < -0.39 is 6.10 Å². The Hall–Kier alpha value is -1.07. The number of carbonyl (C=O) groups is 1. The van der Waals surface area contributed by atoms with Gasteiger partial charge in [-0.05, 0) is 43.4 Å². The lowest BCUT2D eigenvalue weighted by atomic mass is 10.0. The fourth-order valence-electron chi connectivity index (χ4n) is 2.52. The topological polar surface area (TPSA) is 40.5 Å². The molecule has 1 aliphatic rings. The van der Waals surface area contributed by atoms with Crippen molar-refractivity contribution in [3.63, 3.8) is 0 Å². The van der Waals surface area contributed by atoms with Gasteiger partial charge in [-0.3, -0.25) is 4.79 Å². The molecule has 2 rings (SSSR count). The van der Waals surface area contributed by atoms with Crippen LogP contribution in [0.5, 0.6) is 0 Å². The molecule has 1 aromatic rings. The highest BCUT2D eigenvalue weighted by molar-refractivity contribution is 7.97. The summed E-state index contributed by atoms with van der Waals surface area (Å²) in [5.74, 6) is 0.364. The number of aliphatic hydroxyl groups excluding tert-OH is 1. The van der Waals surface area contributed by atoms with Crippen molar-refractivity contribution in [1.29, 1.82) is 0 Å². The lowest BCUT2D eigenvalue weighted by Crippen LogP contribution is -2.30. The van der Waals surface area contributed by atoms with Crippen molar-refractivity contribution in [1.82, 2.24) is 4.90 Å². The maximum Gasteiger partial charge on any atom is 0.253 e. The molecular weight excluding hydrogens is 277 g/mol. The molecule has 5 heteroatoms. The average Bonchev–Trinajstić information content (AvgIpc) is 2.90. The molecule has 110 valence electrons. The first-order valence-electron chi connectivity index (χ1n) is 6.77. The highest BCUT2D eigenvalue weighted by Crippen LogP contribution is 2.23.